The van der Waals surface area contributed by atoms with E-state index in [1.165, 1.54) is 31.9 Å². The number of benzene rings is 1. The first-order valence-corrected chi connectivity index (χ1v) is 11.2. The monoisotopic (exact) mass is 443 g/mol. The van der Waals surface area contributed by atoms with Gasteiger partial charge in [-0.2, -0.15) is 5.26 Å². The van der Waals surface area contributed by atoms with Crippen LogP contribution in [0.25, 0.3) is 5.57 Å². The second kappa shape index (κ2) is 9.74. The summed E-state index contributed by atoms with van der Waals surface area (Å²) in [6.45, 7) is 0.261. The van der Waals surface area contributed by atoms with Crippen LogP contribution < -0.4 is 21.3 Å². The zero-order chi connectivity index (χ0) is 23.4. The van der Waals surface area contributed by atoms with Crippen molar-refractivity contribution in [1.82, 2.24) is 10.3 Å². The zero-order valence-electron chi connectivity index (χ0n) is 19.0. The van der Waals surface area contributed by atoms with E-state index in [0.717, 1.165) is 22.5 Å². The van der Waals surface area contributed by atoms with Gasteiger partial charge in [-0.25, -0.2) is 4.98 Å². The van der Waals surface area contributed by atoms with E-state index in [1.807, 2.05) is 19.2 Å². The number of aromatic nitrogens is 1. The number of anilines is 2. The maximum absolute atomic E-state index is 13.1. The minimum Gasteiger partial charge on any atom is -0.404 e. The largest absolute Gasteiger partial charge is 0.404 e. The Kier molecular flexibility index (Phi) is 6.59. The van der Waals surface area contributed by atoms with Crippen molar-refractivity contribution in [3.05, 3.63) is 59.0 Å². The van der Waals surface area contributed by atoms with E-state index in [4.69, 9.17) is 5.73 Å². The van der Waals surface area contributed by atoms with Crippen LogP contribution in [0.1, 0.15) is 52.9 Å². The van der Waals surface area contributed by atoms with Gasteiger partial charge in [0.1, 0.15) is 6.17 Å². The van der Waals surface area contributed by atoms with Crippen LogP contribution in [0, 0.1) is 17.2 Å². The van der Waals surface area contributed by atoms with Gasteiger partial charge >= 0.3 is 0 Å². The second-order valence-corrected chi connectivity index (χ2v) is 8.52. The van der Waals surface area contributed by atoms with Crippen LogP contribution in [0.4, 0.5) is 11.4 Å². The van der Waals surface area contributed by atoms with Crippen LogP contribution in [-0.4, -0.2) is 37.4 Å². The molecule has 1 saturated carbocycles. The average Bonchev–Trinajstić information content (AvgIpc) is 3.48. The molecule has 8 heteroatoms. The van der Waals surface area contributed by atoms with Crippen molar-refractivity contribution in [2.24, 2.45) is 16.6 Å². The molecule has 2 heterocycles. The quantitative estimate of drug-likeness (QED) is 0.590. The normalized spacial score (nSPS) is 18.3. The molecule has 1 unspecified atom stereocenters. The fourth-order valence-electron chi connectivity index (χ4n) is 4.84. The molecule has 1 aromatic heterocycles. The Morgan fingerprint density at radius 2 is 2.18 bits per heavy atom. The summed E-state index contributed by atoms with van der Waals surface area (Å²) < 4.78 is 0. The molecule has 170 valence electrons. The first-order chi connectivity index (χ1) is 16.0. The smallest absolute Gasteiger partial charge is 0.272 e. The Bertz CT molecular complexity index is 1140. The van der Waals surface area contributed by atoms with Gasteiger partial charge in [0.15, 0.2) is 5.69 Å². The Hall–Kier alpha value is -3.86. The Morgan fingerprint density at radius 1 is 1.39 bits per heavy atom. The number of aliphatic imine (C=N–C) groups is 1. The molecule has 1 fully saturated rings. The molecule has 33 heavy (non-hydrogen) atoms. The predicted octanol–water partition coefficient (Wildman–Crippen LogP) is 3.26. The molecule has 2 aliphatic rings. The number of fused-ring (bicyclic) bond motifs is 1. The third-order valence-electron chi connectivity index (χ3n) is 6.42. The highest BCUT2D eigenvalue weighted by Gasteiger charge is 2.36. The summed E-state index contributed by atoms with van der Waals surface area (Å²) in [6, 6.07) is 9.50. The van der Waals surface area contributed by atoms with Gasteiger partial charge in [0.25, 0.3) is 5.91 Å². The van der Waals surface area contributed by atoms with Gasteiger partial charge in [0.05, 0.1) is 23.0 Å². The van der Waals surface area contributed by atoms with Gasteiger partial charge < -0.3 is 21.3 Å². The van der Waals surface area contributed by atoms with Crippen molar-refractivity contribution < 1.29 is 4.79 Å². The van der Waals surface area contributed by atoms with E-state index in [1.54, 1.807) is 31.6 Å². The van der Waals surface area contributed by atoms with Gasteiger partial charge in [0.2, 0.25) is 0 Å². The maximum Gasteiger partial charge on any atom is 0.272 e. The van der Waals surface area contributed by atoms with Crippen molar-refractivity contribution in [3.63, 3.8) is 0 Å². The van der Waals surface area contributed by atoms with Crippen LogP contribution in [0.2, 0.25) is 0 Å². The summed E-state index contributed by atoms with van der Waals surface area (Å²) in [6.07, 6.45) is 9.86. The van der Waals surface area contributed by atoms with E-state index in [-0.39, 0.29) is 18.6 Å². The average molecular weight is 444 g/mol. The Labute approximate surface area is 194 Å². The summed E-state index contributed by atoms with van der Waals surface area (Å²) in [5, 5.41) is 16.0. The molecule has 0 radical (unpaired) electrons. The van der Waals surface area contributed by atoms with Crippen LogP contribution in [0.5, 0.6) is 0 Å². The fraction of sp³-hybridized carbons (Fsp3) is 0.360. The van der Waals surface area contributed by atoms with E-state index >= 15 is 0 Å². The highest BCUT2D eigenvalue weighted by Crippen LogP contribution is 2.41. The molecular weight excluding hydrogens is 414 g/mol. The molecule has 8 nitrogen and oxygen atoms in total. The SMILES string of the molecule is CN=CC(=CN)c1cc(C#N)cc(CNC(=O)c2nccc3c2N(C)C(C2CCCC2)N3)c1. The topological polar surface area (TPSA) is 119 Å². The lowest BCUT2D eigenvalue weighted by Crippen LogP contribution is -2.39. The number of nitrogens with two attached hydrogens (primary N) is 1. The summed E-state index contributed by atoms with van der Waals surface area (Å²) in [4.78, 5) is 23.7. The third kappa shape index (κ3) is 4.53. The van der Waals surface area contributed by atoms with Crippen LogP contribution in [0.15, 0.2) is 41.7 Å². The number of carbonyl (C=O) groups is 1. The second-order valence-electron chi connectivity index (χ2n) is 8.52. The lowest BCUT2D eigenvalue weighted by molar-refractivity contribution is 0.0946. The zero-order valence-corrected chi connectivity index (χ0v) is 19.0. The molecule has 0 spiro atoms. The van der Waals surface area contributed by atoms with Crippen molar-refractivity contribution in [2.45, 2.75) is 38.4 Å². The van der Waals surface area contributed by atoms with E-state index < -0.39 is 0 Å². The first-order valence-electron chi connectivity index (χ1n) is 11.2. The summed E-state index contributed by atoms with van der Waals surface area (Å²) in [5.74, 6) is 0.322. The lowest BCUT2D eigenvalue weighted by Gasteiger charge is -2.28. The van der Waals surface area contributed by atoms with Crippen molar-refractivity contribution >= 4 is 29.1 Å². The number of pyridine rings is 1. The Morgan fingerprint density at radius 3 is 2.88 bits per heavy atom. The van der Waals surface area contributed by atoms with Crippen molar-refractivity contribution in [3.8, 4) is 6.07 Å². The molecule has 4 N–H and O–H groups in total. The number of nitrogens with zero attached hydrogens (tertiary/aromatic N) is 4. The van der Waals surface area contributed by atoms with E-state index in [0.29, 0.717) is 22.7 Å². The number of nitriles is 1. The van der Waals surface area contributed by atoms with Gasteiger partial charge in [-0.15, -0.1) is 0 Å². The predicted molar refractivity (Wildman–Crippen MR) is 131 cm³/mol. The molecule has 0 bridgehead atoms. The third-order valence-corrected chi connectivity index (χ3v) is 6.42. The van der Waals surface area contributed by atoms with Gasteiger partial charge in [-0.1, -0.05) is 12.8 Å². The Balaban J connectivity index is 1.53. The van der Waals surface area contributed by atoms with Crippen molar-refractivity contribution in [1.29, 1.82) is 5.26 Å². The van der Waals surface area contributed by atoms with Gasteiger partial charge in [-0.3, -0.25) is 9.79 Å². The number of rotatable bonds is 6. The number of allylic oxidation sites excluding steroid dienone is 1. The lowest BCUT2D eigenvalue weighted by atomic mass is 10.0. The number of nitrogens with one attached hydrogen (secondary N) is 2. The molecule has 1 aliphatic heterocycles. The van der Waals surface area contributed by atoms with E-state index in [2.05, 4.69) is 31.6 Å². The number of hydrogen-bond donors (Lipinski definition) is 3. The number of carbonyl (C=O) groups excluding carboxylic acids is 1. The first kappa shape index (κ1) is 22.3. The van der Waals surface area contributed by atoms with Gasteiger partial charge in [-0.05, 0) is 54.2 Å². The summed E-state index contributed by atoms with van der Waals surface area (Å²) in [7, 11) is 3.69. The molecule has 2 aromatic rings. The van der Waals surface area contributed by atoms with Crippen LogP contribution in [-0.2, 0) is 6.54 Å². The summed E-state index contributed by atoms with van der Waals surface area (Å²) >= 11 is 0. The fourth-order valence-corrected chi connectivity index (χ4v) is 4.84. The minimum absolute atomic E-state index is 0.190. The number of hydrogen-bond acceptors (Lipinski definition) is 7. The van der Waals surface area contributed by atoms with Gasteiger partial charge in [0, 0.05) is 44.8 Å². The maximum atomic E-state index is 13.1. The minimum atomic E-state index is -0.249. The highest BCUT2D eigenvalue weighted by molar-refractivity contribution is 6.09. The van der Waals surface area contributed by atoms with Crippen LogP contribution >= 0.6 is 0 Å². The van der Waals surface area contributed by atoms with Crippen LogP contribution in [0.3, 0.4) is 0 Å². The molecule has 4 rings (SSSR count). The molecular formula is C25H29N7O. The standard InChI is InChI=1S/C25H29N7O/c1-28-15-20(13-27)19-10-16(12-26)9-17(11-19)14-30-25(33)22-23-21(7-8-29-22)31-24(32(23)2)18-5-3-4-6-18/h7-11,13,15,18,24,31H,3-6,14,27H2,1-2H3,(H,30,33). The van der Waals surface area contributed by atoms with Crippen molar-refractivity contribution in [2.75, 3.05) is 24.3 Å². The molecule has 1 aromatic carbocycles. The molecule has 1 atom stereocenters. The molecule has 1 amide bonds. The summed E-state index contributed by atoms with van der Waals surface area (Å²) in [5.41, 5.74) is 10.7. The molecule has 0 saturated heterocycles. The molecule has 1 aliphatic carbocycles. The number of amides is 1. The van der Waals surface area contributed by atoms with E-state index in [9.17, 15) is 10.1 Å². The highest BCUT2D eigenvalue weighted by atomic mass is 16.1.